The minimum atomic E-state index is -0.131. The molecule has 0 radical (unpaired) electrons. The Labute approximate surface area is 283 Å². The van der Waals surface area contributed by atoms with Gasteiger partial charge in [-0.15, -0.1) is 0 Å². The van der Waals surface area contributed by atoms with E-state index >= 15 is 0 Å². The third-order valence-electron chi connectivity index (χ3n) is 11.2. The summed E-state index contributed by atoms with van der Waals surface area (Å²) in [6, 6.07) is 48.0. The van der Waals surface area contributed by atoms with Gasteiger partial charge in [-0.05, 0) is 152 Å². The first-order valence-electron chi connectivity index (χ1n) is 17.1. The molecule has 9 rings (SSSR count). The number of rotatable bonds is 3. The van der Waals surface area contributed by atoms with Crippen molar-refractivity contribution in [3.8, 4) is 11.1 Å². The van der Waals surface area contributed by atoms with Gasteiger partial charge in [0.05, 0.1) is 0 Å². The largest absolute Gasteiger partial charge is 0.310 e. The summed E-state index contributed by atoms with van der Waals surface area (Å²) in [5, 5.41) is 10.6. The number of hydrogen-bond donors (Lipinski definition) is 0. The van der Waals surface area contributed by atoms with Crippen molar-refractivity contribution in [2.75, 3.05) is 4.90 Å². The SMILES string of the molecule is Cc1ccc(N(c2ccc(C)c(C)c2)c2ccc3c(c2)c2ccccc2c2c4c(c5ccccc5c32)-c2ccccc2C4(C)C)cc1C. The van der Waals surface area contributed by atoms with E-state index in [9.17, 15) is 0 Å². The maximum atomic E-state index is 2.43. The summed E-state index contributed by atoms with van der Waals surface area (Å²) < 4.78 is 0. The van der Waals surface area contributed by atoms with Gasteiger partial charge in [0.15, 0.2) is 0 Å². The fourth-order valence-corrected chi connectivity index (χ4v) is 8.50. The summed E-state index contributed by atoms with van der Waals surface area (Å²) in [7, 11) is 0. The van der Waals surface area contributed by atoms with E-state index in [1.807, 2.05) is 0 Å². The number of benzene rings is 8. The zero-order valence-electron chi connectivity index (χ0n) is 28.6. The van der Waals surface area contributed by atoms with Crippen molar-refractivity contribution in [2.24, 2.45) is 0 Å². The Balaban J connectivity index is 1.42. The predicted molar refractivity (Wildman–Crippen MR) is 208 cm³/mol. The minimum absolute atomic E-state index is 0.131. The molecule has 0 aromatic heterocycles. The van der Waals surface area contributed by atoms with Crippen molar-refractivity contribution < 1.29 is 0 Å². The fraction of sp³-hybridized carbons (Fsp3) is 0.149. The number of anilines is 3. The lowest BCUT2D eigenvalue weighted by Crippen LogP contribution is -2.15. The molecule has 1 aliphatic rings. The van der Waals surface area contributed by atoms with Gasteiger partial charge in [-0.2, -0.15) is 0 Å². The maximum absolute atomic E-state index is 2.43. The summed E-state index contributed by atoms with van der Waals surface area (Å²) >= 11 is 0. The number of hydrogen-bond acceptors (Lipinski definition) is 1. The zero-order valence-corrected chi connectivity index (χ0v) is 28.6. The highest BCUT2D eigenvalue weighted by molar-refractivity contribution is 6.35. The smallest absolute Gasteiger partial charge is 0.0468 e. The van der Waals surface area contributed by atoms with E-state index in [0.29, 0.717) is 0 Å². The summed E-state index contributed by atoms with van der Waals surface area (Å²) in [6.45, 7) is 13.6. The zero-order chi connectivity index (χ0) is 32.9. The maximum Gasteiger partial charge on any atom is 0.0468 e. The van der Waals surface area contributed by atoms with E-state index in [1.54, 1.807) is 0 Å². The highest BCUT2D eigenvalue weighted by atomic mass is 15.1. The van der Waals surface area contributed by atoms with Crippen LogP contribution in [0.15, 0.2) is 127 Å². The van der Waals surface area contributed by atoms with Gasteiger partial charge in [0.2, 0.25) is 0 Å². The van der Waals surface area contributed by atoms with Crippen LogP contribution in [-0.4, -0.2) is 0 Å². The average Bonchev–Trinajstić information content (AvgIpc) is 3.34. The van der Waals surface area contributed by atoms with Crippen LogP contribution < -0.4 is 4.90 Å². The van der Waals surface area contributed by atoms with Crippen LogP contribution in [0.25, 0.3) is 54.2 Å². The molecule has 8 aromatic carbocycles. The molecule has 0 fully saturated rings. The number of aryl methyl sites for hydroxylation is 4. The Morgan fingerprint density at radius 3 is 1.56 bits per heavy atom. The van der Waals surface area contributed by atoms with Gasteiger partial charge in [-0.25, -0.2) is 0 Å². The number of fused-ring (bicyclic) bond motifs is 13. The van der Waals surface area contributed by atoms with Crippen molar-refractivity contribution in [3.63, 3.8) is 0 Å². The topological polar surface area (TPSA) is 3.24 Å². The molecule has 0 saturated carbocycles. The molecule has 0 unspecified atom stereocenters. The molecule has 0 N–H and O–H groups in total. The van der Waals surface area contributed by atoms with Gasteiger partial charge < -0.3 is 4.90 Å². The average molecular weight is 618 g/mol. The molecule has 0 heterocycles. The van der Waals surface area contributed by atoms with Crippen LogP contribution in [0.5, 0.6) is 0 Å². The fourth-order valence-electron chi connectivity index (χ4n) is 8.50. The van der Waals surface area contributed by atoms with E-state index < -0.39 is 0 Å². The Morgan fingerprint density at radius 2 is 0.917 bits per heavy atom. The predicted octanol–water partition coefficient (Wildman–Crippen LogP) is 13.3. The van der Waals surface area contributed by atoms with Crippen molar-refractivity contribution in [3.05, 3.63) is 161 Å². The Bertz CT molecular complexity index is 2590. The first kappa shape index (κ1) is 28.8. The molecule has 1 nitrogen and oxygen atoms in total. The molecule has 1 aliphatic carbocycles. The van der Waals surface area contributed by atoms with Gasteiger partial charge in [-0.3, -0.25) is 0 Å². The molecule has 0 spiro atoms. The second kappa shape index (κ2) is 10.3. The summed E-state index contributed by atoms with van der Waals surface area (Å²) in [5.41, 5.74) is 14.2. The molecule has 0 bridgehead atoms. The summed E-state index contributed by atoms with van der Waals surface area (Å²) in [4.78, 5) is 2.43. The molecular formula is C47H39N. The third kappa shape index (κ3) is 3.97. The molecule has 0 amide bonds. The Kier molecular flexibility index (Phi) is 6.18. The Morgan fingerprint density at radius 1 is 0.417 bits per heavy atom. The monoisotopic (exact) mass is 617 g/mol. The van der Waals surface area contributed by atoms with E-state index in [1.165, 1.54) is 99.0 Å². The van der Waals surface area contributed by atoms with Crippen LogP contribution in [0.1, 0.15) is 47.2 Å². The van der Waals surface area contributed by atoms with Crippen LogP contribution in [0.3, 0.4) is 0 Å². The van der Waals surface area contributed by atoms with Gasteiger partial charge in [0.25, 0.3) is 0 Å². The van der Waals surface area contributed by atoms with Gasteiger partial charge in [0.1, 0.15) is 0 Å². The molecule has 48 heavy (non-hydrogen) atoms. The minimum Gasteiger partial charge on any atom is -0.310 e. The Hall–Kier alpha value is -5.40. The molecule has 0 atom stereocenters. The molecule has 8 aromatic rings. The summed E-state index contributed by atoms with van der Waals surface area (Å²) in [6.07, 6.45) is 0. The number of nitrogens with zero attached hydrogens (tertiary/aromatic N) is 1. The van der Waals surface area contributed by atoms with Gasteiger partial charge in [-0.1, -0.05) is 105 Å². The van der Waals surface area contributed by atoms with Crippen LogP contribution >= 0.6 is 0 Å². The van der Waals surface area contributed by atoms with Crippen LogP contribution in [0, 0.1) is 27.7 Å². The van der Waals surface area contributed by atoms with Crippen LogP contribution in [0.4, 0.5) is 17.1 Å². The highest BCUT2D eigenvalue weighted by Gasteiger charge is 2.39. The molecular weight excluding hydrogens is 579 g/mol. The normalized spacial score (nSPS) is 13.4. The highest BCUT2D eigenvalue weighted by Crippen LogP contribution is 2.57. The second-order valence-electron chi connectivity index (χ2n) is 14.4. The van der Waals surface area contributed by atoms with Crippen molar-refractivity contribution in [1.29, 1.82) is 0 Å². The van der Waals surface area contributed by atoms with E-state index in [4.69, 9.17) is 0 Å². The third-order valence-corrected chi connectivity index (χ3v) is 11.2. The van der Waals surface area contributed by atoms with Crippen LogP contribution in [-0.2, 0) is 5.41 Å². The lowest BCUT2D eigenvalue weighted by Gasteiger charge is -2.28. The van der Waals surface area contributed by atoms with Gasteiger partial charge in [0, 0.05) is 22.5 Å². The molecule has 1 heteroatoms. The van der Waals surface area contributed by atoms with Crippen molar-refractivity contribution in [2.45, 2.75) is 47.0 Å². The second-order valence-corrected chi connectivity index (χ2v) is 14.4. The lowest BCUT2D eigenvalue weighted by molar-refractivity contribution is 0.667. The quantitative estimate of drug-likeness (QED) is 0.178. The van der Waals surface area contributed by atoms with E-state index in [2.05, 4.69) is 174 Å². The van der Waals surface area contributed by atoms with Crippen LogP contribution in [0.2, 0.25) is 0 Å². The first-order chi connectivity index (χ1) is 23.2. The molecule has 0 aliphatic heterocycles. The van der Waals surface area contributed by atoms with Crippen molar-refractivity contribution >= 4 is 60.2 Å². The van der Waals surface area contributed by atoms with E-state index in [-0.39, 0.29) is 5.41 Å². The molecule has 232 valence electrons. The van der Waals surface area contributed by atoms with E-state index in [0.717, 1.165) is 5.69 Å². The first-order valence-corrected chi connectivity index (χ1v) is 17.1. The standard InChI is InChI=1S/C47H39N/c1-28-19-21-32(25-30(28)3)48(33-22-20-29(2)31(4)26-33)34-23-24-39-41(27-34)35-13-7-8-14-36(35)45-43(39)37-15-9-10-16-38(37)44-40-17-11-12-18-42(40)47(5,6)46(44)45/h7-27H,1-6H3. The van der Waals surface area contributed by atoms with Crippen molar-refractivity contribution in [1.82, 2.24) is 0 Å². The molecule has 0 saturated heterocycles. The lowest BCUT2D eigenvalue weighted by atomic mass is 9.77. The van der Waals surface area contributed by atoms with Gasteiger partial charge >= 0.3 is 0 Å². The summed E-state index contributed by atoms with van der Waals surface area (Å²) in [5.74, 6) is 0.